The summed E-state index contributed by atoms with van der Waals surface area (Å²) in [6.07, 6.45) is 0. The third-order valence-corrected chi connectivity index (χ3v) is 3.70. The molecule has 1 aromatic rings. The fourth-order valence-corrected chi connectivity index (χ4v) is 2.37. The molecule has 0 bridgehead atoms. The second-order valence-corrected chi connectivity index (χ2v) is 5.49. The molecule has 94 valence electrons. The summed E-state index contributed by atoms with van der Waals surface area (Å²) in [7, 11) is 0. The van der Waals surface area contributed by atoms with Crippen molar-refractivity contribution in [2.24, 2.45) is 5.92 Å². The molecule has 0 N–H and O–H groups in total. The zero-order chi connectivity index (χ0) is 12.8. The fraction of sp³-hybridized carbons (Fsp3) is 0.500. The number of hydrogen-bond acceptors (Lipinski definition) is 3. The van der Waals surface area contributed by atoms with Crippen LogP contribution in [0.4, 0.5) is 0 Å². The minimum atomic E-state index is -0.220. The maximum Gasteiger partial charge on any atom is 0.339 e. The largest absolute Gasteiger partial charge is 0.462 e. The van der Waals surface area contributed by atoms with Crippen molar-refractivity contribution in [3.8, 4) is 0 Å². The summed E-state index contributed by atoms with van der Waals surface area (Å²) in [5.41, 5.74) is 1.78. The van der Waals surface area contributed by atoms with E-state index < -0.39 is 0 Å². The molecule has 2 nitrogen and oxygen atoms in total. The van der Waals surface area contributed by atoms with Crippen LogP contribution in [0, 0.1) is 12.8 Å². The standard InChI is InChI=1S/C14H20O2S/c1-5-16-14(15)12-8-11(4)6-7-13(12)17-9-10(2)3/h6-8,10H,5,9H2,1-4H3. The van der Waals surface area contributed by atoms with Crippen LogP contribution in [0.15, 0.2) is 23.1 Å². The van der Waals surface area contributed by atoms with Crippen LogP contribution in [-0.2, 0) is 4.74 Å². The summed E-state index contributed by atoms with van der Waals surface area (Å²) >= 11 is 1.72. The maximum atomic E-state index is 11.8. The number of rotatable bonds is 5. The lowest BCUT2D eigenvalue weighted by molar-refractivity contribution is 0.0522. The highest BCUT2D eigenvalue weighted by Crippen LogP contribution is 2.26. The second-order valence-electron chi connectivity index (χ2n) is 4.42. The van der Waals surface area contributed by atoms with Gasteiger partial charge in [-0.3, -0.25) is 0 Å². The molecule has 0 atom stereocenters. The van der Waals surface area contributed by atoms with Crippen molar-refractivity contribution in [3.63, 3.8) is 0 Å². The molecule has 17 heavy (non-hydrogen) atoms. The van der Waals surface area contributed by atoms with E-state index in [-0.39, 0.29) is 5.97 Å². The van der Waals surface area contributed by atoms with Gasteiger partial charge in [-0.25, -0.2) is 4.79 Å². The van der Waals surface area contributed by atoms with Crippen molar-refractivity contribution in [3.05, 3.63) is 29.3 Å². The Labute approximate surface area is 108 Å². The molecule has 0 radical (unpaired) electrons. The van der Waals surface area contributed by atoms with Crippen molar-refractivity contribution >= 4 is 17.7 Å². The SMILES string of the molecule is CCOC(=O)c1cc(C)ccc1SCC(C)C. The molecule has 0 aliphatic rings. The monoisotopic (exact) mass is 252 g/mol. The highest BCUT2D eigenvalue weighted by molar-refractivity contribution is 7.99. The van der Waals surface area contributed by atoms with Crippen LogP contribution in [0.25, 0.3) is 0 Å². The van der Waals surface area contributed by atoms with E-state index in [4.69, 9.17) is 4.74 Å². The van der Waals surface area contributed by atoms with E-state index in [2.05, 4.69) is 13.8 Å². The highest BCUT2D eigenvalue weighted by Gasteiger charge is 2.13. The van der Waals surface area contributed by atoms with E-state index in [0.717, 1.165) is 16.2 Å². The van der Waals surface area contributed by atoms with Gasteiger partial charge >= 0.3 is 5.97 Å². The van der Waals surface area contributed by atoms with Crippen molar-refractivity contribution in [1.29, 1.82) is 0 Å². The minimum Gasteiger partial charge on any atom is -0.462 e. The minimum absolute atomic E-state index is 0.220. The normalized spacial score (nSPS) is 10.6. The summed E-state index contributed by atoms with van der Waals surface area (Å²) in [6.45, 7) is 8.58. The van der Waals surface area contributed by atoms with Gasteiger partial charge in [-0.15, -0.1) is 11.8 Å². The third kappa shape index (κ3) is 4.43. The summed E-state index contributed by atoms with van der Waals surface area (Å²) in [6, 6.07) is 5.95. The topological polar surface area (TPSA) is 26.3 Å². The number of benzene rings is 1. The van der Waals surface area contributed by atoms with Gasteiger partial charge in [-0.2, -0.15) is 0 Å². The first-order valence-electron chi connectivity index (χ1n) is 5.95. The van der Waals surface area contributed by atoms with Crippen molar-refractivity contribution in [2.45, 2.75) is 32.6 Å². The lowest BCUT2D eigenvalue weighted by Gasteiger charge is -2.10. The number of thioether (sulfide) groups is 1. The molecule has 0 saturated carbocycles. The molecule has 0 amide bonds. The Morgan fingerprint density at radius 2 is 2.12 bits per heavy atom. The van der Waals surface area contributed by atoms with Gasteiger partial charge in [0.1, 0.15) is 0 Å². The molecule has 0 aliphatic heterocycles. The highest BCUT2D eigenvalue weighted by atomic mass is 32.2. The predicted molar refractivity (Wildman–Crippen MR) is 72.7 cm³/mol. The van der Waals surface area contributed by atoms with Crippen LogP contribution in [0.5, 0.6) is 0 Å². The van der Waals surface area contributed by atoms with E-state index in [1.54, 1.807) is 11.8 Å². The van der Waals surface area contributed by atoms with Gasteiger partial charge in [-0.1, -0.05) is 25.5 Å². The Balaban J connectivity index is 2.91. The zero-order valence-corrected chi connectivity index (χ0v) is 11.8. The number of aryl methyl sites for hydroxylation is 1. The molecular weight excluding hydrogens is 232 g/mol. The van der Waals surface area contributed by atoms with E-state index in [0.29, 0.717) is 18.1 Å². The van der Waals surface area contributed by atoms with Crippen LogP contribution in [0.2, 0.25) is 0 Å². The van der Waals surface area contributed by atoms with Gasteiger partial charge in [0.2, 0.25) is 0 Å². The first-order valence-corrected chi connectivity index (χ1v) is 6.93. The van der Waals surface area contributed by atoms with E-state index >= 15 is 0 Å². The van der Waals surface area contributed by atoms with Crippen LogP contribution in [-0.4, -0.2) is 18.3 Å². The summed E-state index contributed by atoms with van der Waals surface area (Å²) in [5.74, 6) is 1.40. The third-order valence-electron chi connectivity index (χ3n) is 2.20. The van der Waals surface area contributed by atoms with Gasteiger partial charge in [0.25, 0.3) is 0 Å². The Morgan fingerprint density at radius 1 is 1.41 bits per heavy atom. The first kappa shape index (κ1) is 14.1. The predicted octanol–water partition coefficient (Wildman–Crippen LogP) is 3.92. The molecule has 0 unspecified atom stereocenters. The number of carbonyl (C=O) groups excluding carboxylic acids is 1. The van der Waals surface area contributed by atoms with E-state index in [1.165, 1.54) is 0 Å². The lowest BCUT2D eigenvalue weighted by atomic mass is 10.1. The molecular formula is C14H20O2S. The quantitative estimate of drug-likeness (QED) is 0.587. The molecule has 3 heteroatoms. The summed E-state index contributed by atoms with van der Waals surface area (Å²) in [5, 5.41) is 0. The average Bonchev–Trinajstić information content (AvgIpc) is 2.27. The number of esters is 1. The van der Waals surface area contributed by atoms with Crippen LogP contribution < -0.4 is 0 Å². The lowest BCUT2D eigenvalue weighted by Crippen LogP contribution is -2.07. The van der Waals surface area contributed by atoms with Crippen molar-refractivity contribution in [2.75, 3.05) is 12.4 Å². The van der Waals surface area contributed by atoms with E-state index in [9.17, 15) is 4.79 Å². The Morgan fingerprint density at radius 3 is 2.71 bits per heavy atom. The molecule has 0 aliphatic carbocycles. The Bertz CT molecular complexity index is 386. The summed E-state index contributed by atoms with van der Waals surface area (Å²) < 4.78 is 5.08. The van der Waals surface area contributed by atoms with Gasteiger partial charge < -0.3 is 4.74 Å². The molecule has 1 aromatic carbocycles. The zero-order valence-electron chi connectivity index (χ0n) is 10.9. The fourth-order valence-electron chi connectivity index (χ4n) is 1.39. The molecule has 0 fully saturated rings. The molecule has 0 heterocycles. The van der Waals surface area contributed by atoms with Crippen LogP contribution in [0.3, 0.4) is 0 Å². The molecule has 0 spiro atoms. The van der Waals surface area contributed by atoms with Gasteiger partial charge in [0.05, 0.1) is 12.2 Å². The molecule has 0 saturated heterocycles. The Hall–Kier alpha value is -0.960. The Kier molecular flexibility index (Phi) is 5.56. The molecule has 1 rings (SSSR count). The number of ether oxygens (including phenoxy) is 1. The van der Waals surface area contributed by atoms with Crippen molar-refractivity contribution < 1.29 is 9.53 Å². The second kappa shape index (κ2) is 6.70. The first-order chi connectivity index (χ1) is 8.04. The van der Waals surface area contributed by atoms with Gasteiger partial charge in [-0.05, 0) is 31.9 Å². The van der Waals surface area contributed by atoms with E-state index in [1.807, 2.05) is 32.0 Å². The molecule has 0 aromatic heterocycles. The maximum absolute atomic E-state index is 11.8. The van der Waals surface area contributed by atoms with Crippen LogP contribution in [0.1, 0.15) is 36.7 Å². The van der Waals surface area contributed by atoms with Crippen molar-refractivity contribution in [1.82, 2.24) is 0 Å². The average molecular weight is 252 g/mol. The summed E-state index contributed by atoms with van der Waals surface area (Å²) in [4.78, 5) is 12.8. The number of carbonyl (C=O) groups is 1. The smallest absolute Gasteiger partial charge is 0.339 e. The number of hydrogen-bond donors (Lipinski definition) is 0. The van der Waals surface area contributed by atoms with Gasteiger partial charge in [0, 0.05) is 10.6 Å². The van der Waals surface area contributed by atoms with Gasteiger partial charge in [0.15, 0.2) is 0 Å². The van der Waals surface area contributed by atoms with Crippen LogP contribution >= 0.6 is 11.8 Å².